The normalized spacial score (nSPS) is 16.8. The van der Waals surface area contributed by atoms with E-state index in [4.69, 9.17) is 4.52 Å². The Hall–Kier alpha value is -2.03. The summed E-state index contributed by atoms with van der Waals surface area (Å²) in [7, 11) is 0. The van der Waals surface area contributed by atoms with Crippen LogP contribution in [0.25, 0.3) is 0 Å². The summed E-state index contributed by atoms with van der Waals surface area (Å²) in [6.45, 7) is 5.64. The van der Waals surface area contributed by atoms with Crippen LogP contribution in [0.15, 0.2) is 10.6 Å². The number of unbranched alkanes of at least 4 members (excludes halogenated alkanes) is 1. The predicted molar refractivity (Wildman–Crippen MR) is 104 cm³/mol. The molecular formula is C18H28N4O4S. The van der Waals surface area contributed by atoms with Crippen molar-refractivity contribution in [1.82, 2.24) is 15.4 Å². The average Bonchev–Trinajstić information content (AvgIpc) is 3.06. The lowest BCUT2D eigenvalue weighted by Crippen LogP contribution is -2.46. The fourth-order valence-electron chi connectivity index (χ4n) is 2.88. The SMILES string of the molecule is CCCCNC(=O)C1CCCN(C(=O)CSCC(=O)Nc2cc(C)on2)C1. The average molecular weight is 397 g/mol. The van der Waals surface area contributed by atoms with E-state index < -0.39 is 0 Å². The lowest BCUT2D eigenvalue weighted by atomic mass is 9.97. The zero-order valence-electron chi connectivity index (χ0n) is 16.0. The number of carbonyl (C=O) groups excluding carboxylic acids is 3. The van der Waals surface area contributed by atoms with E-state index in [1.807, 2.05) is 0 Å². The molecule has 0 bridgehead atoms. The number of piperidine rings is 1. The molecule has 2 rings (SSSR count). The molecular weight excluding hydrogens is 368 g/mol. The summed E-state index contributed by atoms with van der Waals surface area (Å²) >= 11 is 1.25. The number of likely N-dealkylation sites (tertiary alicyclic amines) is 1. The third-order valence-corrected chi connectivity index (χ3v) is 5.25. The van der Waals surface area contributed by atoms with E-state index in [1.165, 1.54) is 11.8 Å². The molecule has 3 amide bonds. The number of hydrogen-bond donors (Lipinski definition) is 2. The van der Waals surface area contributed by atoms with E-state index in [0.29, 0.717) is 31.2 Å². The molecule has 0 radical (unpaired) electrons. The van der Waals surface area contributed by atoms with Gasteiger partial charge in [0, 0.05) is 25.7 Å². The van der Waals surface area contributed by atoms with Crippen LogP contribution in [0, 0.1) is 12.8 Å². The topological polar surface area (TPSA) is 105 Å². The van der Waals surface area contributed by atoms with Crippen molar-refractivity contribution in [2.24, 2.45) is 5.92 Å². The zero-order valence-corrected chi connectivity index (χ0v) is 16.8. The summed E-state index contributed by atoms with van der Waals surface area (Å²) in [6, 6.07) is 1.63. The van der Waals surface area contributed by atoms with Gasteiger partial charge in [-0.1, -0.05) is 18.5 Å². The third kappa shape index (κ3) is 7.24. The number of rotatable bonds is 9. The van der Waals surface area contributed by atoms with Crippen LogP contribution in [-0.2, 0) is 14.4 Å². The Morgan fingerprint density at radius 3 is 2.89 bits per heavy atom. The van der Waals surface area contributed by atoms with Crippen molar-refractivity contribution in [2.45, 2.75) is 39.5 Å². The number of nitrogens with zero attached hydrogens (tertiary/aromatic N) is 2. The minimum atomic E-state index is -0.229. The van der Waals surface area contributed by atoms with Crippen molar-refractivity contribution in [3.05, 3.63) is 11.8 Å². The number of aryl methyl sites for hydroxylation is 1. The standard InChI is InChI=1S/C18H28N4O4S/c1-3-4-7-19-18(25)14-6-5-8-22(10-14)17(24)12-27-11-16(23)20-15-9-13(2)26-21-15/h9,14H,3-8,10-12H2,1-2H3,(H,19,25)(H,20,21,23). The van der Waals surface area contributed by atoms with Gasteiger partial charge < -0.3 is 20.1 Å². The molecule has 1 saturated heterocycles. The highest BCUT2D eigenvalue weighted by molar-refractivity contribution is 8.00. The first-order chi connectivity index (χ1) is 13.0. The van der Waals surface area contributed by atoms with Gasteiger partial charge in [0.15, 0.2) is 5.82 Å². The largest absolute Gasteiger partial charge is 0.360 e. The van der Waals surface area contributed by atoms with Gasteiger partial charge in [0.1, 0.15) is 5.76 Å². The fraction of sp³-hybridized carbons (Fsp3) is 0.667. The molecule has 8 nitrogen and oxygen atoms in total. The van der Waals surface area contributed by atoms with Crippen LogP contribution < -0.4 is 10.6 Å². The van der Waals surface area contributed by atoms with Gasteiger partial charge in [0.05, 0.1) is 17.4 Å². The summed E-state index contributed by atoms with van der Waals surface area (Å²) in [5, 5.41) is 9.26. The molecule has 1 aliphatic heterocycles. The number of carbonyl (C=O) groups is 3. The van der Waals surface area contributed by atoms with Gasteiger partial charge in [-0.2, -0.15) is 0 Å². The highest BCUT2D eigenvalue weighted by Crippen LogP contribution is 2.18. The van der Waals surface area contributed by atoms with E-state index in [1.54, 1.807) is 17.9 Å². The first-order valence-corrected chi connectivity index (χ1v) is 10.5. The van der Waals surface area contributed by atoms with Crippen molar-refractivity contribution < 1.29 is 18.9 Å². The minimum absolute atomic E-state index is 0.0314. The lowest BCUT2D eigenvalue weighted by Gasteiger charge is -2.32. The maximum atomic E-state index is 12.4. The molecule has 27 heavy (non-hydrogen) atoms. The van der Waals surface area contributed by atoms with Crippen LogP contribution in [0.3, 0.4) is 0 Å². The Bertz CT molecular complexity index is 649. The number of amides is 3. The second kappa shape index (κ2) is 11.0. The van der Waals surface area contributed by atoms with E-state index in [9.17, 15) is 14.4 Å². The van der Waals surface area contributed by atoms with Crippen LogP contribution in [-0.4, -0.2) is 58.9 Å². The number of aromatic nitrogens is 1. The summed E-state index contributed by atoms with van der Waals surface area (Å²) in [5.74, 6) is 1.01. The van der Waals surface area contributed by atoms with Gasteiger partial charge in [0.25, 0.3) is 0 Å². The van der Waals surface area contributed by atoms with Crippen LogP contribution in [0.2, 0.25) is 0 Å². The molecule has 1 aliphatic rings. The Labute approximate surface area is 163 Å². The summed E-state index contributed by atoms with van der Waals surface area (Å²) in [6.07, 6.45) is 3.65. The quantitative estimate of drug-likeness (QED) is 0.617. The Balaban J connectivity index is 1.68. The molecule has 0 aliphatic carbocycles. The van der Waals surface area contributed by atoms with Crippen molar-refractivity contribution >= 4 is 35.3 Å². The molecule has 2 heterocycles. The number of hydrogen-bond acceptors (Lipinski definition) is 6. The number of thioether (sulfide) groups is 1. The second-order valence-electron chi connectivity index (χ2n) is 6.69. The van der Waals surface area contributed by atoms with Gasteiger partial charge >= 0.3 is 0 Å². The Kier molecular flexibility index (Phi) is 8.63. The minimum Gasteiger partial charge on any atom is -0.360 e. The van der Waals surface area contributed by atoms with Crippen molar-refractivity contribution in [3.63, 3.8) is 0 Å². The molecule has 2 N–H and O–H groups in total. The van der Waals surface area contributed by atoms with Gasteiger partial charge in [0.2, 0.25) is 17.7 Å². The molecule has 1 unspecified atom stereocenters. The Morgan fingerprint density at radius 2 is 2.19 bits per heavy atom. The molecule has 1 aromatic heterocycles. The van der Waals surface area contributed by atoms with E-state index in [0.717, 1.165) is 25.7 Å². The number of nitrogens with one attached hydrogen (secondary N) is 2. The predicted octanol–water partition coefficient (Wildman–Crippen LogP) is 1.81. The molecule has 0 spiro atoms. The monoisotopic (exact) mass is 396 g/mol. The van der Waals surface area contributed by atoms with Crippen LogP contribution in [0.5, 0.6) is 0 Å². The van der Waals surface area contributed by atoms with Crippen molar-refractivity contribution in [1.29, 1.82) is 0 Å². The molecule has 1 aromatic rings. The molecule has 0 aromatic carbocycles. The van der Waals surface area contributed by atoms with Gasteiger partial charge in [-0.15, -0.1) is 11.8 Å². The van der Waals surface area contributed by atoms with E-state index in [-0.39, 0.29) is 35.1 Å². The van der Waals surface area contributed by atoms with Crippen LogP contribution in [0.1, 0.15) is 38.4 Å². The molecule has 9 heteroatoms. The molecule has 1 fully saturated rings. The molecule has 1 atom stereocenters. The molecule has 150 valence electrons. The van der Waals surface area contributed by atoms with Crippen molar-refractivity contribution in [2.75, 3.05) is 36.5 Å². The summed E-state index contributed by atoms with van der Waals surface area (Å²) < 4.78 is 4.88. The van der Waals surface area contributed by atoms with Crippen LogP contribution in [0.4, 0.5) is 5.82 Å². The van der Waals surface area contributed by atoms with Crippen LogP contribution >= 0.6 is 11.8 Å². The zero-order chi connectivity index (χ0) is 19.6. The second-order valence-corrected chi connectivity index (χ2v) is 7.67. The highest BCUT2D eigenvalue weighted by atomic mass is 32.2. The summed E-state index contributed by atoms with van der Waals surface area (Å²) in [5.41, 5.74) is 0. The number of anilines is 1. The maximum absolute atomic E-state index is 12.4. The smallest absolute Gasteiger partial charge is 0.235 e. The highest BCUT2D eigenvalue weighted by Gasteiger charge is 2.28. The summed E-state index contributed by atoms with van der Waals surface area (Å²) in [4.78, 5) is 38.2. The van der Waals surface area contributed by atoms with E-state index in [2.05, 4.69) is 22.7 Å². The first-order valence-electron chi connectivity index (χ1n) is 9.36. The van der Waals surface area contributed by atoms with Gasteiger partial charge in [-0.3, -0.25) is 14.4 Å². The molecule has 0 saturated carbocycles. The van der Waals surface area contributed by atoms with Crippen molar-refractivity contribution in [3.8, 4) is 0 Å². The lowest BCUT2D eigenvalue weighted by molar-refractivity contribution is -0.133. The van der Waals surface area contributed by atoms with Gasteiger partial charge in [-0.05, 0) is 26.2 Å². The first kappa shape index (κ1) is 21.3. The van der Waals surface area contributed by atoms with E-state index >= 15 is 0 Å². The van der Waals surface area contributed by atoms with Gasteiger partial charge in [-0.25, -0.2) is 0 Å². The maximum Gasteiger partial charge on any atom is 0.235 e. The fourth-order valence-corrected chi connectivity index (χ4v) is 3.59. The third-order valence-electron chi connectivity index (χ3n) is 4.33. The Morgan fingerprint density at radius 1 is 1.37 bits per heavy atom.